The quantitative estimate of drug-likeness (QED) is 0.0577. The molecule has 0 spiro atoms. The van der Waals surface area contributed by atoms with Crippen LogP contribution in [0.1, 0.15) is 174 Å². The van der Waals surface area contributed by atoms with Gasteiger partial charge in [0.05, 0.1) is 5.92 Å². The van der Waals surface area contributed by atoms with E-state index in [9.17, 15) is 13.5 Å². The van der Waals surface area contributed by atoms with Crippen molar-refractivity contribution in [1.82, 2.24) is 9.80 Å². The molecule has 0 aromatic rings. The summed E-state index contributed by atoms with van der Waals surface area (Å²) < 4.78 is 12.2. The number of imide groups is 1. The molecule has 1 aliphatic rings. The Morgan fingerprint density at radius 1 is 0.690 bits per heavy atom. The Balaban J connectivity index is 2.30. The van der Waals surface area contributed by atoms with Crippen molar-refractivity contribution in [3.8, 4) is 0 Å². The van der Waals surface area contributed by atoms with Crippen LogP contribution < -0.4 is 0 Å². The first-order chi connectivity index (χ1) is 20.5. The molecule has 1 aliphatic heterocycles. The summed E-state index contributed by atoms with van der Waals surface area (Å²) in [5.74, 6) is 1.04. The fraction of sp³-hybridized carbons (Fsp3) is 0.944. The van der Waals surface area contributed by atoms with Crippen LogP contribution in [0.3, 0.4) is 0 Å². The first-order valence-electron chi connectivity index (χ1n) is 18.2. The van der Waals surface area contributed by atoms with E-state index >= 15 is 0 Å². The molecule has 1 saturated heterocycles. The third-order valence-corrected chi connectivity index (χ3v) is 9.75. The molecule has 0 aliphatic carbocycles. The summed E-state index contributed by atoms with van der Waals surface area (Å²) in [4.78, 5) is 29.8. The summed E-state index contributed by atoms with van der Waals surface area (Å²) in [5.41, 5.74) is 0. The van der Waals surface area contributed by atoms with E-state index in [-0.39, 0.29) is 17.7 Å². The molecule has 0 aromatic heterocycles. The third-order valence-electron chi connectivity index (χ3n) is 9.31. The monoisotopic (exact) mass is 613 g/mol. The van der Waals surface area contributed by atoms with Crippen molar-refractivity contribution in [2.45, 2.75) is 174 Å². The predicted octanol–water partition coefficient (Wildman–Crippen LogP) is 10.9. The van der Waals surface area contributed by atoms with Gasteiger partial charge in [0.15, 0.2) is 0 Å². The molecule has 1 fully saturated rings. The van der Waals surface area contributed by atoms with Crippen molar-refractivity contribution in [2.24, 2.45) is 11.8 Å². The Hall–Kier alpha value is -0.620. The highest BCUT2D eigenvalue weighted by molar-refractivity contribution is 7.94. The van der Waals surface area contributed by atoms with Crippen LogP contribution in [0.25, 0.3) is 0 Å². The highest BCUT2D eigenvalue weighted by Gasteiger charge is 2.41. The van der Waals surface area contributed by atoms with Crippen molar-refractivity contribution in [3.63, 3.8) is 0 Å². The van der Waals surface area contributed by atoms with E-state index in [1.54, 1.807) is 4.90 Å². The van der Waals surface area contributed by atoms with Gasteiger partial charge in [0.1, 0.15) is 0 Å². The Bertz CT molecular complexity index is 648. The molecule has 42 heavy (non-hydrogen) atoms. The number of rotatable bonds is 31. The lowest BCUT2D eigenvalue weighted by atomic mass is 9.82. The zero-order chi connectivity index (χ0) is 30.7. The maximum absolute atomic E-state index is 13.3. The molecule has 2 unspecified atom stereocenters. The predicted molar refractivity (Wildman–Crippen MR) is 182 cm³/mol. The molecule has 0 N–H and O–H groups in total. The summed E-state index contributed by atoms with van der Waals surface area (Å²) in [6, 6.07) is 0. The van der Waals surface area contributed by atoms with Crippen molar-refractivity contribution in [3.05, 3.63) is 0 Å². The van der Waals surface area contributed by atoms with Gasteiger partial charge in [-0.25, -0.2) is 0 Å². The third kappa shape index (κ3) is 20.4. The normalized spacial score (nSPS) is 16.3. The van der Waals surface area contributed by atoms with Crippen molar-refractivity contribution < 1.29 is 13.5 Å². The standard InChI is InChI=1S/C36H69FN2O2S/c1-4-5-6-7-8-9-10-11-12-13-14-15-17-20-23-27-33(28-24-21-18-16-19-22-25-31-42-37)34-32-35(40)39(36(34)41)30-26-29-38(2)3/h33-34H,4-32H2,1-3H3. The molecule has 0 saturated carbocycles. The number of carbonyl (C=O) groups excluding carboxylic acids is 2. The lowest BCUT2D eigenvalue weighted by Gasteiger charge is -2.23. The van der Waals surface area contributed by atoms with Crippen LogP contribution in [0, 0.1) is 11.8 Å². The molecule has 0 bridgehead atoms. The van der Waals surface area contributed by atoms with Gasteiger partial charge in [-0.15, -0.1) is 0 Å². The van der Waals surface area contributed by atoms with E-state index in [1.165, 1.54) is 122 Å². The minimum absolute atomic E-state index is 0.0525. The average Bonchev–Trinajstić information content (AvgIpc) is 3.25. The van der Waals surface area contributed by atoms with Gasteiger partial charge in [-0.3, -0.25) is 14.5 Å². The van der Waals surface area contributed by atoms with Gasteiger partial charge in [0.2, 0.25) is 11.8 Å². The maximum atomic E-state index is 13.3. The zero-order valence-electron chi connectivity index (χ0n) is 28.2. The van der Waals surface area contributed by atoms with Crippen LogP contribution >= 0.6 is 12.1 Å². The molecule has 1 rings (SSSR count). The average molecular weight is 613 g/mol. The number of hydrogen-bond acceptors (Lipinski definition) is 4. The van der Waals surface area contributed by atoms with Gasteiger partial charge in [-0.1, -0.05) is 142 Å². The molecule has 0 aromatic carbocycles. The maximum Gasteiger partial charge on any atom is 0.233 e. The molecular formula is C36H69FN2O2S. The van der Waals surface area contributed by atoms with Gasteiger partial charge >= 0.3 is 0 Å². The van der Waals surface area contributed by atoms with Crippen LogP contribution in [0.15, 0.2) is 0 Å². The summed E-state index contributed by atoms with van der Waals surface area (Å²) >= 11 is 0.455. The van der Waals surface area contributed by atoms with Crippen molar-refractivity contribution in [2.75, 3.05) is 32.9 Å². The summed E-state index contributed by atoms with van der Waals surface area (Å²) in [5, 5.41) is 0. The second-order valence-electron chi connectivity index (χ2n) is 13.4. The largest absolute Gasteiger partial charge is 0.309 e. The number of hydrogen-bond donors (Lipinski definition) is 0. The Morgan fingerprint density at radius 2 is 1.12 bits per heavy atom. The first-order valence-corrected chi connectivity index (χ1v) is 19.1. The van der Waals surface area contributed by atoms with Crippen molar-refractivity contribution in [1.29, 1.82) is 0 Å². The molecule has 4 nitrogen and oxygen atoms in total. The Labute approximate surface area is 265 Å². The van der Waals surface area contributed by atoms with Crippen LogP contribution in [-0.2, 0) is 9.59 Å². The first kappa shape index (κ1) is 39.4. The zero-order valence-corrected chi connectivity index (χ0v) is 29.0. The van der Waals surface area contributed by atoms with E-state index < -0.39 is 0 Å². The van der Waals surface area contributed by atoms with Gasteiger partial charge in [-0.05, 0) is 52.2 Å². The molecule has 6 heteroatoms. The fourth-order valence-corrected chi connectivity index (χ4v) is 6.94. The number of nitrogens with zero attached hydrogens (tertiary/aromatic N) is 2. The minimum Gasteiger partial charge on any atom is -0.309 e. The summed E-state index contributed by atoms with van der Waals surface area (Å²) in [6.45, 7) is 3.75. The van der Waals surface area contributed by atoms with Crippen LogP contribution in [-0.4, -0.2) is 54.6 Å². The van der Waals surface area contributed by atoms with Crippen molar-refractivity contribution >= 4 is 24.0 Å². The second kappa shape index (κ2) is 27.9. The summed E-state index contributed by atoms with van der Waals surface area (Å²) in [7, 11) is 4.07. The van der Waals surface area contributed by atoms with Gasteiger partial charge in [0.25, 0.3) is 0 Å². The highest BCUT2D eigenvalue weighted by atomic mass is 32.2. The number of amides is 2. The second-order valence-corrected chi connectivity index (χ2v) is 14.1. The molecule has 248 valence electrons. The number of unbranched alkanes of at least 4 members (excludes halogenated alkanes) is 20. The van der Waals surface area contributed by atoms with E-state index in [1.807, 2.05) is 14.1 Å². The van der Waals surface area contributed by atoms with E-state index in [0.29, 0.717) is 36.8 Å². The molecular weight excluding hydrogens is 543 g/mol. The lowest BCUT2D eigenvalue weighted by Crippen LogP contribution is -2.34. The van der Waals surface area contributed by atoms with Crippen LogP contribution in [0.2, 0.25) is 0 Å². The van der Waals surface area contributed by atoms with E-state index in [4.69, 9.17) is 0 Å². The van der Waals surface area contributed by atoms with Gasteiger partial charge < -0.3 is 4.90 Å². The molecule has 0 radical (unpaired) electrons. The highest BCUT2D eigenvalue weighted by Crippen LogP contribution is 2.34. The Kier molecular flexibility index (Phi) is 26.2. The minimum atomic E-state index is -0.0956. The number of likely N-dealkylation sites (tertiary alicyclic amines) is 1. The van der Waals surface area contributed by atoms with E-state index in [0.717, 1.165) is 45.1 Å². The van der Waals surface area contributed by atoms with Crippen LogP contribution in [0.5, 0.6) is 0 Å². The van der Waals surface area contributed by atoms with Gasteiger partial charge in [-0.2, -0.15) is 3.89 Å². The number of carbonyl (C=O) groups is 2. The van der Waals surface area contributed by atoms with Gasteiger partial charge in [0, 0.05) is 30.9 Å². The van der Waals surface area contributed by atoms with E-state index in [2.05, 4.69) is 11.8 Å². The SMILES string of the molecule is CCCCCCCCCCCCCCCCCC(CCCCCCCCCSF)C1CC(=O)N(CCCN(C)C)C1=O. The lowest BCUT2D eigenvalue weighted by molar-refractivity contribution is -0.140. The molecule has 2 amide bonds. The molecule has 1 heterocycles. The fourth-order valence-electron chi connectivity index (χ4n) is 6.63. The number of halogens is 1. The smallest absolute Gasteiger partial charge is 0.233 e. The summed E-state index contributed by atoms with van der Waals surface area (Å²) in [6.07, 6.45) is 32.1. The topological polar surface area (TPSA) is 40.6 Å². The molecule has 2 atom stereocenters. The Morgan fingerprint density at radius 3 is 1.55 bits per heavy atom. The van der Waals surface area contributed by atoms with Crippen LogP contribution in [0.4, 0.5) is 3.89 Å².